The van der Waals surface area contributed by atoms with Crippen molar-refractivity contribution in [3.63, 3.8) is 0 Å². The van der Waals surface area contributed by atoms with Crippen LogP contribution in [0, 0.1) is 0 Å². The standard InChI is InChI=1S/C10H24O3Si/c1-10(9-11-2)13-7-6-8-14(4,5)12-3/h10H,6-9H2,1-5H3. The number of hydrogen-bond donors (Lipinski definition) is 0. The Hall–Kier alpha value is 0.0969. The van der Waals surface area contributed by atoms with Crippen molar-refractivity contribution in [1.29, 1.82) is 0 Å². The molecule has 0 aromatic heterocycles. The van der Waals surface area contributed by atoms with Crippen LogP contribution in [-0.2, 0) is 13.9 Å². The second kappa shape index (κ2) is 7.40. The van der Waals surface area contributed by atoms with Crippen LogP contribution in [0.25, 0.3) is 0 Å². The molecule has 0 saturated heterocycles. The summed E-state index contributed by atoms with van der Waals surface area (Å²) >= 11 is 0. The van der Waals surface area contributed by atoms with E-state index in [1.54, 1.807) is 14.2 Å². The first kappa shape index (κ1) is 14.1. The third-order valence-electron chi connectivity index (χ3n) is 2.28. The van der Waals surface area contributed by atoms with Crippen molar-refractivity contribution in [2.24, 2.45) is 0 Å². The van der Waals surface area contributed by atoms with Crippen LogP contribution < -0.4 is 0 Å². The summed E-state index contributed by atoms with van der Waals surface area (Å²) in [7, 11) is 2.12. The second-order valence-corrected chi connectivity index (χ2v) is 8.63. The summed E-state index contributed by atoms with van der Waals surface area (Å²) in [6.07, 6.45) is 1.29. The number of methoxy groups -OCH3 is 1. The van der Waals surface area contributed by atoms with E-state index in [1.807, 2.05) is 6.92 Å². The molecule has 14 heavy (non-hydrogen) atoms. The molecule has 0 aliphatic rings. The minimum Gasteiger partial charge on any atom is -0.420 e. The van der Waals surface area contributed by atoms with Crippen LogP contribution in [0.4, 0.5) is 0 Å². The van der Waals surface area contributed by atoms with Crippen LogP contribution in [-0.4, -0.2) is 41.9 Å². The van der Waals surface area contributed by atoms with Gasteiger partial charge >= 0.3 is 0 Å². The Kier molecular flexibility index (Phi) is 7.45. The van der Waals surface area contributed by atoms with Gasteiger partial charge in [0.05, 0.1) is 12.7 Å². The molecule has 0 fully saturated rings. The van der Waals surface area contributed by atoms with Gasteiger partial charge in [-0.2, -0.15) is 0 Å². The maximum absolute atomic E-state index is 5.56. The number of ether oxygens (including phenoxy) is 2. The summed E-state index contributed by atoms with van der Waals surface area (Å²) in [5.74, 6) is 0. The first-order chi connectivity index (χ1) is 6.52. The average Bonchev–Trinajstić information content (AvgIpc) is 2.13. The maximum Gasteiger partial charge on any atom is 0.186 e. The quantitative estimate of drug-likeness (QED) is 0.464. The third-order valence-corrected chi connectivity index (χ3v) is 4.94. The lowest BCUT2D eigenvalue weighted by molar-refractivity contribution is 0.00928. The molecule has 0 saturated carbocycles. The summed E-state index contributed by atoms with van der Waals surface area (Å²) in [6.45, 7) is 7.97. The van der Waals surface area contributed by atoms with Crippen molar-refractivity contribution in [2.45, 2.75) is 38.6 Å². The lowest BCUT2D eigenvalue weighted by atomic mass is 10.4. The average molecular weight is 220 g/mol. The van der Waals surface area contributed by atoms with Crippen LogP contribution in [0.3, 0.4) is 0 Å². The Bertz CT molecular complexity index is 139. The summed E-state index contributed by atoms with van der Waals surface area (Å²) in [6, 6.07) is 1.16. The van der Waals surface area contributed by atoms with Gasteiger partial charge in [0.25, 0.3) is 0 Å². The van der Waals surface area contributed by atoms with Gasteiger partial charge in [0.15, 0.2) is 8.32 Å². The summed E-state index contributed by atoms with van der Waals surface area (Å²) in [5.41, 5.74) is 0. The maximum atomic E-state index is 5.56. The zero-order chi connectivity index (χ0) is 11.0. The molecule has 0 bridgehead atoms. The van der Waals surface area contributed by atoms with Crippen molar-refractivity contribution in [1.82, 2.24) is 0 Å². The lowest BCUT2D eigenvalue weighted by Crippen LogP contribution is -2.28. The van der Waals surface area contributed by atoms with Gasteiger partial charge in [-0.15, -0.1) is 0 Å². The predicted molar refractivity (Wildman–Crippen MR) is 61.2 cm³/mol. The fourth-order valence-electron chi connectivity index (χ4n) is 1.17. The molecule has 1 atom stereocenters. The first-order valence-electron chi connectivity index (χ1n) is 5.17. The molecule has 0 aliphatic carbocycles. The van der Waals surface area contributed by atoms with Crippen LogP contribution in [0.5, 0.6) is 0 Å². The Morgan fingerprint density at radius 1 is 1.21 bits per heavy atom. The molecule has 4 heteroatoms. The van der Waals surface area contributed by atoms with E-state index in [4.69, 9.17) is 13.9 Å². The number of hydrogen-bond acceptors (Lipinski definition) is 3. The highest BCUT2D eigenvalue weighted by Gasteiger charge is 2.19. The van der Waals surface area contributed by atoms with E-state index in [-0.39, 0.29) is 6.10 Å². The Morgan fingerprint density at radius 2 is 1.86 bits per heavy atom. The highest BCUT2D eigenvalue weighted by Crippen LogP contribution is 2.12. The lowest BCUT2D eigenvalue weighted by Gasteiger charge is -2.20. The molecular weight excluding hydrogens is 196 g/mol. The van der Waals surface area contributed by atoms with Gasteiger partial charge in [0, 0.05) is 20.8 Å². The molecule has 3 nitrogen and oxygen atoms in total. The van der Waals surface area contributed by atoms with Gasteiger partial charge in [0.2, 0.25) is 0 Å². The minimum atomic E-state index is -1.38. The van der Waals surface area contributed by atoms with Gasteiger partial charge in [-0.1, -0.05) is 0 Å². The Morgan fingerprint density at radius 3 is 2.36 bits per heavy atom. The van der Waals surface area contributed by atoms with E-state index in [9.17, 15) is 0 Å². The molecule has 0 N–H and O–H groups in total. The first-order valence-corrected chi connectivity index (χ1v) is 8.29. The largest absolute Gasteiger partial charge is 0.420 e. The zero-order valence-electron chi connectivity index (χ0n) is 10.1. The normalized spacial score (nSPS) is 14.4. The van der Waals surface area contributed by atoms with E-state index in [0.29, 0.717) is 6.61 Å². The van der Waals surface area contributed by atoms with E-state index >= 15 is 0 Å². The van der Waals surface area contributed by atoms with Crippen molar-refractivity contribution < 1.29 is 13.9 Å². The fraction of sp³-hybridized carbons (Fsp3) is 1.00. The second-order valence-electron chi connectivity index (χ2n) is 4.20. The molecule has 1 unspecified atom stereocenters. The molecule has 0 aliphatic heterocycles. The van der Waals surface area contributed by atoms with Gasteiger partial charge in [-0.25, -0.2) is 0 Å². The van der Waals surface area contributed by atoms with E-state index < -0.39 is 8.32 Å². The molecule has 86 valence electrons. The SMILES string of the molecule is COCC(C)OCCC[Si](C)(C)OC. The van der Waals surface area contributed by atoms with Crippen molar-refractivity contribution in [2.75, 3.05) is 27.4 Å². The van der Waals surface area contributed by atoms with Crippen molar-refractivity contribution in [3.8, 4) is 0 Å². The molecule has 0 spiro atoms. The molecule has 0 aromatic carbocycles. The fourth-order valence-corrected chi connectivity index (χ4v) is 2.37. The van der Waals surface area contributed by atoms with Crippen LogP contribution in [0.1, 0.15) is 13.3 Å². The van der Waals surface area contributed by atoms with Crippen LogP contribution in [0.2, 0.25) is 19.1 Å². The Balaban J connectivity index is 3.37. The summed E-state index contributed by atoms with van der Waals surface area (Å²) in [5, 5.41) is 0. The van der Waals surface area contributed by atoms with Gasteiger partial charge in [-0.3, -0.25) is 0 Å². The summed E-state index contributed by atoms with van der Waals surface area (Å²) < 4.78 is 16.0. The van der Waals surface area contributed by atoms with E-state index in [1.165, 1.54) is 0 Å². The van der Waals surface area contributed by atoms with Crippen LogP contribution in [0.15, 0.2) is 0 Å². The third kappa shape index (κ3) is 7.50. The molecule has 0 heterocycles. The monoisotopic (exact) mass is 220 g/mol. The van der Waals surface area contributed by atoms with E-state index in [0.717, 1.165) is 19.1 Å². The van der Waals surface area contributed by atoms with Gasteiger partial charge < -0.3 is 13.9 Å². The molecule has 0 radical (unpaired) electrons. The predicted octanol–water partition coefficient (Wildman–Crippen LogP) is 2.28. The van der Waals surface area contributed by atoms with Gasteiger partial charge in [0.1, 0.15) is 0 Å². The topological polar surface area (TPSA) is 27.7 Å². The molecule has 0 amide bonds. The van der Waals surface area contributed by atoms with Crippen molar-refractivity contribution >= 4 is 8.32 Å². The Labute approximate surface area is 88.9 Å². The van der Waals surface area contributed by atoms with Crippen molar-refractivity contribution in [3.05, 3.63) is 0 Å². The van der Waals surface area contributed by atoms with Crippen LogP contribution >= 0.6 is 0 Å². The van der Waals surface area contributed by atoms with Gasteiger partial charge in [-0.05, 0) is 32.5 Å². The molecule has 0 aromatic rings. The highest BCUT2D eigenvalue weighted by molar-refractivity contribution is 6.71. The molecule has 0 rings (SSSR count). The summed E-state index contributed by atoms with van der Waals surface area (Å²) in [4.78, 5) is 0. The minimum absolute atomic E-state index is 0.201. The highest BCUT2D eigenvalue weighted by atomic mass is 28.4. The van der Waals surface area contributed by atoms with E-state index in [2.05, 4.69) is 13.1 Å². The number of rotatable bonds is 8. The zero-order valence-corrected chi connectivity index (χ0v) is 11.1. The molecular formula is C10H24O3Si. The smallest absolute Gasteiger partial charge is 0.186 e.